The van der Waals surface area contributed by atoms with E-state index < -0.39 is 0 Å². The third-order valence-corrected chi connectivity index (χ3v) is 2.61. The van der Waals surface area contributed by atoms with E-state index in [0.717, 1.165) is 5.56 Å². The molecule has 0 atom stereocenters. The number of hydrogen-bond donors (Lipinski definition) is 2. The van der Waals surface area contributed by atoms with Crippen LogP contribution < -0.4 is 5.32 Å². The van der Waals surface area contributed by atoms with E-state index in [1.54, 1.807) is 26.0 Å². The van der Waals surface area contributed by atoms with Crippen LogP contribution in [0.15, 0.2) is 17.7 Å². The molecular formula is C15H18N2O2. The van der Waals surface area contributed by atoms with E-state index in [1.807, 2.05) is 19.9 Å². The molecule has 4 heteroatoms. The molecule has 0 radical (unpaired) electrons. The van der Waals surface area contributed by atoms with Gasteiger partial charge in [-0.25, -0.2) is 0 Å². The summed E-state index contributed by atoms with van der Waals surface area (Å²) in [5.41, 5.74) is 2.21. The number of aryl methyl sites for hydroxylation is 2. The van der Waals surface area contributed by atoms with Gasteiger partial charge in [-0.1, -0.05) is 0 Å². The normalized spacial score (nSPS) is 11.3. The van der Waals surface area contributed by atoms with Gasteiger partial charge in [-0.3, -0.25) is 4.79 Å². The number of nitriles is 1. The molecule has 0 spiro atoms. The standard InChI is InChI=1S/C15H18N2O2/c1-9(2)17-15(19)13(8-16)7-12-5-10(3)14(18)11(4)6-12/h5-7,9,18H,1-4H3,(H,17,19). The second-order valence-corrected chi connectivity index (χ2v) is 4.80. The van der Waals surface area contributed by atoms with Gasteiger partial charge in [0, 0.05) is 6.04 Å². The fourth-order valence-electron chi connectivity index (χ4n) is 1.73. The number of hydrogen-bond acceptors (Lipinski definition) is 3. The van der Waals surface area contributed by atoms with E-state index in [4.69, 9.17) is 5.26 Å². The van der Waals surface area contributed by atoms with Gasteiger partial charge >= 0.3 is 0 Å². The number of aromatic hydroxyl groups is 1. The first-order valence-corrected chi connectivity index (χ1v) is 6.08. The largest absolute Gasteiger partial charge is 0.507 e. The Hall–Kier alpha value is -2.28. The minimum absolute atomic E-state index is 0.0208. The van der Waals surface area contributed by atoms with Crippen molar-refractivity contribution >= 4 is 12.0 Å². The summed E-state index contributed by atoms with van der Waals surface area (Å²) in [5.74, 6) is -0.150. The molecule has 0 bridgehead atoms. The maximum absolute atomic E-state index is 11.8. The molecule has 1 aromatic carbocycles. The van der Waals surface area contributed by atoms with Crippen molar-refractivity contribution in [3.8, 4) is 11.8 Å². The molecule has 100 valence electrons. The average molecular weight is 258 g/mol. The van der Waals surface area contributed by atoms with Crippen LogP contribution in [0.4, 0.5) is 0 Å². The zero-order chi connectivity index (χ0) is 14.6. The van der Waals surface area contributed by atoms with Crippen molar-refractivity contribution in [1.82, 2.24) is 5.32 Å². The van der Waals surface area contributed by atoms with Crippen molar-refractivity contribution in [2.75, 3.05) is 0 Å². The molecule has 2 N–H and O–H groups in total. The number of carbonyl (C=O) groups excluding carboxylic acids is 1. The molecule has 0 fully saturated rings. The summed E-state index contributed by atoms with van der Waals surface area (Å²) in [6.07, 6.45) is 1.52. The van der Waals surface area contributed by atoms with Gasteiger partial charge in [0.15, 0.2) is 0 Å². The predicted octanol–water partition coefficient (Wildman–Crippen LogP) is 2.44. The smallest absolute Gasteiger partial charge is 0.262 e. The Kier molecular flexibility index (Phi) is 4.71. The van der Waals surface area contributed by atoms with Crippen molar-refractivity contribution in [3.63, 3.8) is 0 Å². The van der Waals surface area contributed by atoms with Gasteiger partial charge in [-0.2, -0.15) is 5.26 Å². The van der Waals surface area contributed by atoms with Gasteiger partial charge in [0.2, 0.25) is 0 Å². The Morgan fingerprint density at radius 1 is 1.37 bits per heavy atom. The van der Waals surface area contributed by atoms with E-state index >= 15 is 0 Å². The molecule has 0 aromatic heterocycles. The monoisotopic (exact) mass is 258 g/mol. The summed E-state index contributed by atoms with van der Waals surface area (Å²) in [7, 11) is 0. The van der Waals surface area contributed by atoms with E-state index in [0.29, 0.717) is 11.1 Å². The van der Waals surface area contributed by atoms with Crippen LogP contribution in [0, 0.1) is 25.2 Å². The fraction of sp³-hybridized carbons (Fsp3) is 0.333. The summed E-state index contributed by atoms with van der Waals surface area (Å²) in [6.45, 7) is 7.23. The minimum Gasteiger partial charge on any atom is -0.507 e. The highest BCUT2D eigenvalue weighted by molar-refractivity contribution is 6.01. The first kappa shape index (κ1) is 14.8. The second kappa shape index (κ2) is 6.05. The summed E-state index contributed by atoms with van der Waals surface area (Å²) in [6, 6.07) is 5.35. The number of rotatable bonds is 3. The first-order chi connectivity index (χ1) is 8.85. The molecule has 0 aliphatic heterocycles. The molecule has 1 amide bonds. The zero-order valence-electron chi connectivity index (χ0n) is 11.6. The highest BCUT2D eigenvalue weighted by Gasteiger charge is 2.10. The van der Waals surface area contributed by atoms with Gasteiger partial charge in [-0.15, -0.1) is 0 Å². The van der Waals surface area contributed by atoms with Crippen LogP contribution in [0.5, 0.6) is 5.75 Å². The molecule has 0 saturated carbocycles. The van der Waals surface area contributed by atoms with Crippen molar-refractivity contribution in [3.05, 3.63) is 34.4 Å². The molecule has 19 heavy (non-hydrogen) atoms. The van der Waals surface area contributed by atoms with Crippen LogP contribution in [0.2, 0.25) is 0 Å². The maximum Gasteiger partial charge on any atom is 0.262 e. The number of amides is 1. The molecule has 4 nitrogen and oxygen atoms in total. The predicted molar refractivity (Wildman–Crippen MR) is 74.4 cm³/mol. The molecule has 1 rings (SSSR count). The van der Waals surface area contributed by atoms with Gasteiger partial charge in [0.05, 0.1) is 0 Å². The van der Waals surface area contributed by atoms with E-state index in [-0.39, 0.29) is 23.3 Å². The number of phenolic OH excluding ortho intramolecular Hbond substituents is 1. The van der Waals surface area contributed by atoms with Crippen LogP contribution in [0.1, 0.15) is 30.5 Å². The van der Waals surface area contributed by atoms with Gasteiger partial charge < -0.3 is 10.4 Å². The molecule has 0 aliphatic carbocycles. The van der Waals surface area contributed by atoms with Gasteiger partial charge in [0.1, 0.15) is 17.4 Å². The van der Waals surface area contributed by atoms with Crippen molar-refractivity contribution in [1.29, 1.82) is 5.26 Å². The Morgan fingerprint density at radius 3 is 2.32 bits per heavy atom. The van der Waals surface area contributed by atoms with Crippen molar-refractivity contribution in [2.24, 2.45) is 0 Å². The molecular weight excluding hydrogens is 240 g/mol. The van der Waals surface area contributed by atoms with E-state index in [1.165, 1.54) is 6.08 Å². The van der Waals surface area contributed by atoms with Gasteiger partial charge in [-0.05, 0) is 62.6 Å². The molecule has 0 saturated heterocycles. The second-order valence-electron chi connectivity index (χ2n) is 4.80. The first-order valence-electron chi connectivity index (χ1n) is 6.08. The number of nitrogens with one attached hydrogen (secondary N) is 1. The summed E-state index contributed by atoms with van der Waals surface area (Å²) in [4.78, 5) is 11.8. The van der Waals surface area contributed by atoms with Crippen LogP contribution in [-0.2, 0) is 4.79 Å². The topological polar surface area (TPSA) is 73.1 Å². The highest BCUT2D eigenvalue weighted by atomic mass is 16.3. The quantitative estimate of drug-likeness (QED) is 0.646. The van der Waals surface area contributed by atoms with Crippen LogP contribution >= 0.6 is 0 Å². The van der Waals surface area contributed by atoms with E-state index in [2.05, 4.69) is 5.32 Å². The fourth-order valence-corrected chi connectivity index (χ4v) is 1.73. The summed E-state index contributed by atoms with van der Waals surface area (Å²) < 4.78 is 0. The summed E-state index contributed by atoms with van der Waals surface area (Å²) in [5, 5.41) is 21.4. The van der Waals surface area contributed by atoms with Gasteiger partial charge in [0.25, 0.3) is 5.91 Å². The number of benzene rings is 1. The van der Waals surface area contributed by atoms with E-state index in [9.17, 15) is 9.90 Å². The lowest BCUT2D eigenvalue weighted by Crippen LogP contribution is -2.30. The lowest BCUT2D eigenvalue weighted by atomic mass is 10.0. The molecule has 1 aromatic rings. The molecule has 0 aliphatic rings. The number of phenols is 1. The van der Waals surface area contributed by atoms with Crippen molar-refractivity contribution < 1.29 is 9.90 Å². The molecule has 0 unspecified atom stereocenters. The highest BCUT2D eigenvalue weighted by Crippen LogP contribution is 2.24. The molecule has 0 heterocycles. The number of carbonyl (C=O) groups is 1. The number of nitrogens with zero attached hydrogens (tertiary/aromatic N) is 1. The van der Waals surface area contributed by atoms with Crippen LogP contribution in [0.25, 0.3) is 6.08 Å². The minimum atomic E-state index is -0.388. The maximum atomic E-state index is 11.8. The van der Waals surface area contributed by atoms with Crippen LogP contribution in [0.3, 0.4) is 0 Å². The van der Waals surface area contributed by atoms with Crippen LogP contribution in [-0.4, -0.2) is 17.1 Å². The Balaban J connectivity index is 3.12. The van der Waals surface area contributed by atoms with Crippen molar-refractivity contribution in [2.45, 2.75) is 33.7 Å². The Labute approximate surface area is 113 Å². The third-order valence-electron chi connectivity index (χ3n) is 2.61. The SMILES string of the molecule is Cc1cc(C=C(C#N)C(=O)NC(C)C)cc(C)c1O. The zero-order valence-corrected chi connectivity index (χ0v) is 11.6. The lowest BCUT2D eigenvalue weighted by Gasteiger charge is -2.08. The average Bonchev–Trinajstić information content (AvgIpc) is 2.31. The Bertz CT molecular complexity index is 543. The lowest BCUT2D eigenvalue weighted by molar-refractivity contribution is -0.117. The Morgan fingerprint density at radius 2 is 1.89 bits per heavy atom. The third kappa shape index (κ3) is 3.85. The summed E-state index contributed by atoms with van der Waals surface area (Å²) >= 11 is 0.